The summed E-state index contributed by atoms with van der Waals surface area (Å²) in [6.07, 6.45) is -4.12. The maximum absolute atomic E-state index is 12.1. The van der Waals surface area contributed by atoms with Gasteiger partial charge in [-0.15, -0.1) is 25.6 Å². The van der Waals surface area contributed by atoms with Gasteiger partial charge in [-0.25, -0.2) is 0 Å². The van der Waals surface area contributed by atoms with Gasteiger partial charge < -0.3 is 10.5 Å². The number of halogens is 5. The van der Waals surface area contributed by atoms with Gasteiger partial charge >= 0.3 is 6.36 Å². The Bertz CT molecular complexity index is 585. The minimum Gasteiger partial charge on any atom is -0.406 e. The summed E-state index contributed by atoms with van der Waals surface area (Å²) in [4.78, 5) is 0. The molecule has 0 saturated carbocycles. The highest BCUT2D eigenvalue weighted by Crippen LogP contribution is 2.25. The number of benzene rings is 2. The molecule has 0 spiro atoms. The normalized spacial score (nSPS) is 12.4. The van der Waals surface area contributed by atoms with Crippen LogP contribution in [0.5, 0.6) is 5.75 Å². The summed E-state index contributed by atoms with van der Waals surface area (Å²) in [6, 6.07) is 12.5. The topological polar surface area (TPSA) is 35.2 Å². The van der Waals surface area contributed by atoms with Crippen LogP contribution in [0.15, 0.2) is 48.5 Å². The Morgan fingerprint density at radius 3 is 2.05 bits per heavy atom. The molecule has 0 aliphatic rings. The van der Waals surface area contributed by atoms with Gasteiger partial charge in [0.25, 0.3) is 0 Å². The zero-order chi connectivity index (χ0) is 15.5. The maximum Gasteiger partial charge on any atom is 0.573 e. The zero-order valence-electron chi connectivity index (χ0n) is 11.3. The quantitative estimate of drug-likeness (QED) is 0.849. The summed E-state index contributed by atoms with van der Waals surface area (Å²) in [7, 11) is 0. The summed E-state index contributed by atoms with van der Waals surface area (Å²) < 4.78 is 40.0. The molecule has 2 N–H and O–H groups in total. The van der Waals surface area contributed by atoms with Gasteiger partial charge in [-0.1, -0.05) is 35.9 Å². The molecule has 0 aliphatic heterocycles. The van der Waals surface area contributed by atoms with Crippen LogP contribution < -0.4 is 10.5 Å². The fraction of sp³-hybridized carbons (Fsp3) is 0.200. The molecule has 0 fully saturated rings. The molecule has 0 bridgehead atoms. The second kappa shape index (κ2) is 7.72. The fourth-order valence-corrected chi connectivity index (χ4v) is 2.03. The maximum atomic E-state index is 12.1. The van der Waals surface area contributed by atoms with Crippen molar-refractivity contribution in [1.82, 2.24) is 0 Å². The number of hydrogen-bond acceptors (Lipinski definition) is 2. The van der Waals surface area contributed by atoms with E-state index >= 15 is 0 Å². The average Bonchev–Trinajstić information content (AvgIpc) is 2.40. The molecule has 2 aromatic carbocycles. The van der Waals surface area contributed by atoms with Crippen molar-refractivity contribution in [2.24, 2.45) is 5.73 Å². The molecule has 0 unspecified atom stereocenters. The van der Waals surface area contributed by atoms with Crippen molar-refractivity contribution in [3.8, 4) is 5.75 Å². The molecule has 120 valence electrons. The lowest BCUT2D eigenvalue weighted by atomic mass is 10.00. The van der Waals surface area contributed by atoms with Crippen LogP contribution in [-0.2, 0) is 6.42 Å². The van der Waals surface area contributed by atoms with Gasteiger partial charge in [0.1, 0.15) is 5.75 Å². The van der Waals surface area contributed by atoms with E-state index in [1.807, 2.05) is 12.1 Å². The lowest BCUT2D eigenvalue weighted by molar-refractivity contribution is -0.274. The summed E-state index contributed by atoms with van der Waals surface area (Å²) in [6.45, 7) is 0. The number of alkyl halides is 3. The molecule has 1 atom stereocenters. The van der Waals surface area contributed by atoms with Crippen LogP contribution in [-0.4, -0.2) is 6.36 Å². The molecule has 7 heteroatoms. The smallest absolute Gasteiger partial charge is 0.406 e. The third-order valence-corrected chi connectivity index (χ3v) is 3.16. The molecule has 0 radical (unpaired) electrons. The second-order valence-electron chi connectivity index (χ2n) is 4.55. The van der Waals surface area contributed by atoms with Gasteiger partial charge in [0.2, 0.25) is 0 Å². The summed E-state index contributed by atoms with van der Waals surface area (Å²) in [5, 5.41) is 0.640. The molecule has 0 aromatic heterocycles. The Balaban J connectivity index is 0.00000242. The van der Waals surface area contributed by atoms with Crippen molar-refractivity contribution < 1.29 is 17.9 Å². The Hall–Kier alpha value is -1.43. The summed E-state index contributed by atoms with van der Waals surface area (Å²) in [5.41, 5.74) is 7.78. The van der Waals surface area contributed by atoms with E-state index in [0.29, 0.717) is 11.4 Å². The lowest BCUT2D eigenvalue weighted by Crippen LogP contribution is -2.17. The van der Waals surface area contributed by atoms with Gasteiger partial charge in [-0.3, -0.25) is 0 Å². The molecule has 0 heterocycles. The van der Waals surface area contributed by atoms with Gasteiger partial charge in [0.15, 0.2) is 0 Å². The molecule has 2 nitrogen and oxygen atoms in total. The Labute approximate surface area is 137 Å². The van der Waals surface area contributed by atoms with E-state index in [9.17, 15) is 13.2 Å². The van der Waals surface area contributed by atoms with E-state index in [2.05, 4.69) is 4.74 Å². The Morgan fingerprint density at radius 1 is 1.00 bits per heavy atom. The number of rotatable bonds is 4. The van der Waals surface area contributed by atoms with E-state index in [4.69, 9.17) is 17.3 Å². The van der Waals surface area contributed by atoms with Crippen molar-refractivity contribution in [2.75, 3.05) is 0 Å². The van der Waals surface area contributed by atoms with Crippen LogP contribution in [0.4, 0.5) is 13.2 Å². The van der Waals surface area contributed by atoms with E-state index in [0.717, 1.165) is 11.1 Å². The first-order valence-electron chi connectivity index (χ1n) is 6.19. The van der Waals surface area contributed by atoms with Gasteiger partial charge in [-0.05, 0) is 41.8 Å². The minimum atomic E-state index is -4.69. The van der Waals surface area contributed by atoms with Crippen LogP contribution in [0, 0.1) is 0 Å². The highest BCUT2D eigenvalue weighted by molar-refractivity contribution is 6.30. The van der Waals surface area contributed by atoms with Crippen molar-refractivity contribution >= 4 is 24.0 Å². The Kier molecular flexibility index (Phi) is 6.53. The van der Waals surface area contributed by atoms with Crippen molar-refractivity contribution in [1.29, 1.82) is 0 Å². The highest BCUT2D eigenvalue weighted by Gasteiger charge is 2.31. The Morgan fingerprint density at radius 2 is 1.55 bits per heavy atom. The molecule has 2 rings (SSSR count). The molecule has 0 saturated heterocycles. The molecule has 22 heavy (non-hydrogen) atoms. The van der Waals surface area contributed by atoms with E-state index < -0.39 is 6.36 Å². The van der Waals surface area contributed by atoms with Crippen LogP contribution in [0.3, 0.4) is 0 Å². The van der Waals surface area contributed by atoms with E-state index in [1.165, 1.54) is 24.3 Å². The molecule has 0 aliphatic carbocycles. The predicted octanol–water partition coefficient (Wildman–Crippen LogP) is 4.90. The third-order valence-electron chi connectivity index (χ3n) is 2.91. The second-order valence-corrected chi connectivity index (χ2v) is 4.99. The zero-order valence-corrected chi connectivity index (χ0v) is 12.9. The average molecular weight is 352 g/mol. The summed E-state index contributed by atoms with van der Waals surface area (Å²) >= 11 is 5.80. The van der Waals surface area contributed by atoms with Crippen molar-refractivity contribution in [2.45, 2.75) is 18.8 Å². The highest BCUT2D eigenvalue weighted by atomic mass is 35.5. The van der Waals surface area contributed by atoms with Gasteiger partial charge in [-0.2, -0.15) is 0 Å². The van der Waals surface area contributed by atoms with Gasteiger partial charge in [0, 0.05) is 11.1 Å². The SMILES string of the molecule is Cl.N[C@@H](Cc1ccc(Cl)cc1)c1ccc(OC(F)(F)F)cc1. The number of nitrogens with two attached hydrogens (primary N) is 1. The van der Waals surface area contributed by atoms with Gasteiger partial charge in [0.05, 0.1) is 0 Å². The van der Waals surface area contributed by atoms with Crippen molar-refractivity contribution in [3.63, 3.8) is 0 Å². The largest absolute Gasteiger partial charge is 0.573 e. The first-order chi connectivity index (χ1) is 9.83. The minimum absolute atomic E-state index is 0. The fourth-order valence-electron chi connectivity index (χ4n) is 1.91. The van der Waals surface area contributed by atoms with E-state index in [-0.39, 0.29) is 24.2 Å². The monoisotopic (exact) mass is 351 g/mol. The van der Waals surface area contributed by atoms with E-state index in [1.54, 1.807) is 12.1 Å². The standard InChI is InChI=1S/C15H13ClF3NO.ClH/c16-12-5-1-10(2-6-12)9-14(20)11-3-7-13(8-4-11)21-15(17,18)19;/h1-8,14H,9,20H2;1H/t14-;/m0./s1. The molecule has 2 aromatic rings. The molecule has 0 amide bonds. The molecular formula is C15H14Cl2F3NO. The predicted molar refractivity (Wildman–Crippen MR) is 82.5 cm³/mol. The van der Waals surface area contributed by atoms with Crippen molar-refractivity contribution in [3.05, 3.63) is 64.7 Å². The first kappa shape index (κ1) is 18.6. The van der Waals surface area contributed by atoms with Crippen LogP contribution in [0.2, 0.25) is 5.02 Å². The number of ether oxygens (including phenoxy) is 1. The van der Waals surface area contributed by atoms with Crippen LogP contribution in [0.1, 0.15) is 17.2 Å². The number of hydrogen-bond donors (Lipinski definition) is 1. The molecular weight excluding hydrogens is 338 g/mol. The lowest BCUT2D eigenvalue weighted by Gasteiger charge is -2.14. The third kappa shape index (κ3) is 5.75. The van der Waals surface area contributed by atoms with Crippen LogP contribution in [0.25, 0.3) is 0 Å². The summed E-state index contributed by atoms with van der Waals surface area (Å²) in [5.74, 6) is -0.259. The van der Waals surface area contributed by atoms with Crippen LogP contribution >= 0.6 is 24.0 Å². The first-order valence-corrected chi connectivity index (χ1v) is 6.57.